The highest BCUT2D eigenvalue weighted by atomic mass is 19.1. The number of piperazine rings is 2. The molecule has 26 rings (SSSR count). The first-order valence-corrected chi connectivity index (χ1v) is 46.6. The van der Waals surface area contributed by atoms with Crippen molar-refractivity contribution in [2.24, 2.45) is 5.92 Å². The molecule has 21 aromatic rings. The van der Waals surface area contributed by atoms with Gasteiger partial charge in [0.1, 0.15) is 39.6 Å². The molecular weight excluding hydrogens is 1750 g/mol. The molecule has 16 aromatic heterocycles. The lowest BCUT2D eigenvalue weighted by atomic mass is 9.96. The lowest BCUT2D eigenvalue weighted by Crippen LogP contribution is -2.44. The van der Waals surface area contributed by atoms with Gasteiger partial charge in [0.2, 0.25) is 5.91 Å². The zero-order valence-corrected chi connectivity index (χ0v) is 76.5. The van der Waals surface area contributed by atoms with E-state index in [9.17, 15) is 9.18 Å². The Morgan fingerprint density at radius 3 is 1.26 bits per heavy atom. The van der Waals surface area contributed by atoms with Crippen LogP contribution in [0.2, 0.25) is 0 Å². The third kappa shape index (κ3) is 18.0. The predicted octanol–water partition coefficient (Wildman–Crippen LogP) is 15.5. The van der Waals surface area contributed by atoms with E-state index in [0.717, 1.165) is 315 Å². The number of likely N-dealkylation sites (tertiary alicyclic amines) is 1. The molecule has 9 N–H and O–H groups in total. The SMILES string of the molecule is CN1CCC(C(=O)Nc2cncc(-c3ccc4[nH]nc(-c5nc6c(-c7cccc(F)c7)cncc6[nH]5)c4c3)c2)CC1.CN1CCN(c2cncc(-c3ccc4[nH]nc(-c5nc6ccncc6[nH]5)c4c3)c2)CC1.CN1CCN(c2cncc3[nH]c(-c4n[nH]c5ccc(-c6cncc(N7CCOCC7)c6)cc45)nc23)CC1.c1cncc(-c2ccc3[nH]nc(-c4nc5c(N6CCOCC6)cncc5[nH]4)c3c2)c1. The summed E-state index contributed by atoms with van der Waals surface area (Å²) in [5.74, 6) is 2.51. The smallest absolute Gasteiger partial charge is 0.227 e. The van der Waals surface area contributed by atoms with Crippen molar-refractivity contribution in [1.82, 2.24) is 135 Å². The summed E-state index contributed by atoms with van der Waals surface area (Å²) in [5, 5.41) is 37.8. The quantitative estimate of drug-likeness (QED) is 0.0460. The third-order valence-corrected chi connectivity index (χ3v) is 26.7. The normalized spacial score (nSPS) is 15.4. The maximum Gasteiger partial charge on any atom is 0.227 e. The Bertz CT molecular complexity index is 8010. The van der Waals surface area contributed by atoms with Crippen LogP contribution in [0.15, 0.2) is 233 Å². The van der Waals surface area contributed by atoms with Crippen LogP contribution < -0.4 is 24.9 Å². The Kier molecular flexibility index (Phi) is 23.6. The summed E-state index contributed by atoms with van der Waals surface area (Å²) in [5.41, 5.74) is 28.5. The minimum Gasteiger partial charge on any atom is -0.378 e. The number of fused-ring (bicyclic) bond motifs is 8. The minimum absolute atomic E-state index is 0.0140. The minimum atomic E-state index is -0.318. The molecule has 139 heavy (non-hydrogen) atoms. The first kappa shape index (κ1) is 86.6. The number of hydrogen-bond donors (Lipinski definition) is 9. The van der Waals surface area contributed by atoms with Crippen molar-refractivity contribution in [3.63, 3.8) is 0 Å². The molecule has 35 nitrogen and oxygen atoms in total. The van der Waals surface area contributed by atoms with Gasteiger partial charge in [-0.15, -0.1) is 0 Å². The largest absolute Gasteiger partial charge is 0.378 e. The van der Waals surface area contributed by atoms with Crippen LogP contribution in [0.4, 0.5) is 32.8 Å². The number of halogens is 1. The van der Waals surface area contributed by atoms with E-state index in [4.69, 9.17) is 24.4 Å². The maximum atomic E-state index is 13.9. The third-order valence-electron chi connectivity index (χ3n) is 26.7. The van der Waals surface area contributed by atoms with Gasteiger partial charge in [-0.25, -0.2) is 24.3 Å². The molecule has 21 heterocycles. The van der Waals surface area contributed by atoms with Gasteiger partial charge in [0.25, 0.3) is 0 Å². The van der Waals surface area contributed by atoms with E-state index >= 15 is 0 Å². The lowest BCUT2D eigenvalue weighted by Gasteiger charge is -2.34. The summed E-state index contributed by atoms with van der Waals surface area (Å²) < 4.78 is 24.9. The number of piperidine rings is 1. The number of aromatic nitrogens is 24. The number of anilines is 5. The Balaban J connectivity index is 0.000000104. The average molecular weight is 1850 g/mol. The molecule has 0 saturated carbocycles. The first-order valence-electron chi connectivity index (χ1n) is 46.6. The van der Waals surface area contributed by atoms with Crippen molar-refractivity contribution in [3.05, 3.63) is 238 Å². The number of ether oxygens (including phenoxy) is 2. The first-order chi connectivity index (χ1) is 68.3. The number of aromatic amines is 8. The van der Waals surface area contributed by atoms with Gasteiger partial charge in [0.15, 0.2) is 23.3 Å². The zero-order valence-electron chi connectivity index (χ0n) is 76.5. The number of hydrogen-bond acceptors (Lipinski definition) is 26. The number of likely N-dealkylation sites (N-methyl/N-ethyl adjacent to an activating group) is 2. The number of pyridine rings is 8. The maximum absolute atomic E-state index is 13.9. The number of morpholine rings is 2. The Morgan fingerprint density at radius 2 is 0.748 bits per heavy atom. The molecule has 36 heteroatoms. The monoisotopic (exact) mass is 1850 g/mol. The van der Waals surface area contributed by atoms with Gasteiger partial charge in [0.05, 0.1) is 166 Å². The van der Waals surface area contributed by atoms with Gasteiger partial charge in [0, 0.05) is 177 Å². The van der Waals surface area contributed by atoms with Gasteiger partial charge < -0.3 is 69.0 Å². The van der Waals surface area contributed by atoms with Crippen molar-refractivity contribution in [3.8, 4) is 102 Å². The number of H-pyrrole nitrogens is 8. The number of benzene rings is 5. The molecular formula is C103H97FN32O3. The van der Waals surface area contributed by atoms with Crippen LogP contribution in [0.1, 0.15) is 12.8 Å². The topological polar surface area (TPSA) is 403 Å². The molecule has 694 valence electrons. The molecule has 0 aliphatic carbocycles. The van der Waals surface area contributed by atoms with Crippen LogP contribution in [0, 0.1) is 11.7 Å². The molecule has 5 aromatic carbocycles. The highest BCUT2D eigenvalue weighted by molar-refractivity contribution is 6.03. The van der Waals surface area contributed by atoms with Crippen LogP contribution >= 0.6 is 0 Å². The fraction of sp³-hybridized carbons (Fsp3) is 0.233. The predicted molar refractivity (Wildman–Crippen MR) is 539 cm³/mol. The van der Waals surface area contributed by atoms with E-state index in [-0.39, 0.29) is 17.6 Å². The number of carbonyl (C=O) groups excluding carboxylic acids is 1. The standard InChI is InChI=1S/C31H27FN8O.C27H29N9O.C23H22N8.C22H19N7O/c1-40-9-7-18(8-10-40)31(41)35-23-12-21(14-33-15-23)19-5-6-26-24(13-19)29(39-38-26)30-36-27-17-34-16-25(28(27)37-30)20-3-2-4-22(32)11-20;1-34-4-6-36(7-5-34)24-17-29-16-23-26(24)31-27(30-23)25-21-13-18(2-3-22(21)32-33-25)19-12-20(15-28-14-19)35-8-10-37-11-9-35;1-30-6-8-31(9-7-30)17-10-16(12-25-13-17)15-2-3-19-18(11-15)22(29-28-19)23-26-20-4-5-24-14-21(20)27-23;1-2-15(11-23-5-1)14-3-4-17-16(10-14)20(28-27-17)22-25-18-12-24-13-19(21(18)26-22)29-6-8-30-9-7-29/h2-6,11-18H,7-10H2,1H3,(H,35,41)(H,36,37)(H,38,39);2-3,12-17H,4-11H2,1H3,(H,30,31)(H,32,33);2-5,10-14H,6-9H2,1H3,(H,26,27)(H,28,29);1-5,10-13H,6-9H2,(H,25,26)(H,27,28). The number of nitrogens with zero attached hydrogens (tertiary/aromatic N) is 23. The summed E-state index contributed by atoms with van der Waals surface area (Å²) in [7, 11) is 6.41. The summed E-state index contributed by atoms with van der Waals surface area (Å²) in [6.45, 7) is 16.4. The van der Waals surface area contributed by atoms with E-state index in [1.165, 1.54) is 17.8 Å². The van der Waals surface area contributed by atoms with Crippen molar-refractivity contribution in [1.29, 1.82) is 0 Å². The second-order valence-electron chi connectivity index (χ2n) is 35.7. The average Bonchev–Trinajstić information content (AvgIpc) is 1.63. The molecule has 5 saturated heterocycles. The Labute approximate surface area is 794 Å². The summed E-state index contributed by atoms with van der Waals surface area (Å²) in [6.07, 6.45) is 30.9. The molecule has 5 aliphatic rings. The molecule has 0 radical (unpaired) electrons. The number of carbonyl (C=O) groups is 1. The number of amides is 1. The fourth-order valence-corrected chi connectivity index (χ4v) is 18.9. The van der Waals surface area contributed by atoms with Crippen LogP contribution in [0.25, 0.3) is 189 Å². The van der Waals surface area contributed by atoms with Crippen LogP contribution in [0.3, 0.4) is 0 Å². The van der Waals surface area contributed by atoms with Gasteiger partial charge in [-0.1, -0.05) is 42.5 Å². The summed E-state index contributed by atoms with van der Waals surface area (Å²) >= 11 is 0. The Morgan fingerprint density at radius 1 is 0.338 bits per heavy atom. The summed E-state index contributed by atoms with van der Waals surface area (Å²) in [6, 6.07) is 43.6. The van der Waals surface area contributed by atoms with E-state index in [0.29, 0.717) is 28.3 Å². The second-order valence-corrected chi connectivity index (χ2v) is 35.7. The molecule has 5 fully saturated rings. The second kappa shape index (κ2) is 38.0. The molecule has 0 spiro atoms. The number of nitrogens with one attached hydrogen (secondary N) is 9. The molecule has 0 atom stereocenters. The molecule has 5 aliphatic heterocycles. The molecule has 0 bridgehead atoms. The number of rotatable bonds is 15. The van der Waals surface area contributed by atoms with E-state index < -0.39 is 0 Å². The fourth-order valence-electron chi connectivity index (χ4n) is 18.9. The molecule has 0 unspecified atom stereocenters. The highest BCUT2D eigenvalue weighted by Gasteiger charge is 2.28. The van der Waals surface area contributed by atoms with Gasteiger partial charge in [-0.05, 0) is 166 Å². The Hall–Kier alpha value is -16.5. The molecule has 1 amide bonds. The van der Waals surface area contributed by atoms with Crippen LogP contribution in [-0.4, -0.2) is 280 Å². The van der Waals surface area contributed by atoms with Crippen LogP contribution in [0.5, 0.6) is 0 Å². The van der Waals surface area contributed by atoms with E-state index in [1.54, 1.807) is 49.4 Å². The van der Waals surface area contributed by atoms with Crippen molar-refractivity contribution in [2.45, 2.75) is 12.8 Å². The van der Waals surface area contributed by atoms with Gasteiger partial charge in [-0.3, -0.25) is 65.1 Å². The highest BCUT2D eigenvalue weighted by Crippen LogP contribution is 2.40. The van der Waals surface area contributed by atoms with Crippen molar-refractivity contribution < 1.29 is 18.7 Å². The zero-order chi connectivity index (χ0) is 93.4. The van der Waals surface area contributed by atoms with Gasteiger partial charge >= 0.3 is 0 Å². The van der Waals surface area contributed by atoms with E-state index in [1.807, 2.05) is 104 Å². The number of imidazole rings is 4. The van der Waals surface area contributed by atoms with Crippen LogP contribution in [-0.2, 0) is 14.3 Å². The van der Waals surface area contributed by atoms with Crippen molar-refractivity contribution in [2.75, 3.05) is 164 Å². The van der Waals surface area contributed by atoms with E-state index in [2.05, 4.69) is 233 Å². The lowest BCUT2D eigenvalue weighted by molar-refractivity contribution is -0.121. The summed E-state index contributed by atoms with van der Waals surface area (Å²) in [4.78, 5) is 97.2. The van der Waals surface area contributed by atoms with Gasteiger partial charge in [-0.2, -0.15) is 20.4 Å². The van der Waals surface area contributed by atoms with Crippen molar-refractivity contribution >= 4 is 122 Å².